The van der Waals surface area contributed by atoms with Crippen LogP contribution >= 0.6 is 0 Å². The average molecular weight is 93.9 g/mol. The lowest BCUT2D eigenvalue weighted by molar-refractivity contribution is 1.03. The predicted molar refractivity (Wildman–Crippen MR) is 32.3 cm³/mol. The first-order valence-electron chi connectivity index (χ1n) is 2.60. The van der Waals surface area contributed by atoms with Gasteiger partial charge in [0.2, 0.25) is 0 Å². The van der Waals surface area contributed by atoms with Crippen molar-refractivity contribution in [2.75, 3.05) is 6.54 Å². The van der Waals surface area contributed by atoms with E-state index >= 15 is 0 Å². The molecule has 1 N–H and O–H groups in total. The molecule has 0 unspecified atom stereocenters. The van der Waals surface area contributed by atoms with Gasteiger partial charge in [-0.1, -0.05) is 6.08 Å². The van der Waals surface area contributed by atoms with Gasteiger partial charge in [0, 0.05) is 0 Å². The summed E-state index contributed by atoms with van der Waals surface area (Å²) in [6.45, 7) is 3.17. The summed E-state index contributed by atoms with van der Waals surface area (Å²) >= 11 is 0. The lowest BCUT2D eigenvalue weighted by Crippen LogP contribution is -2.22. The summed E-state index contributed by atoms with van der Waals surface area (Å²) in [5.74, 6) is 0. The van der Waals surface area contributed by atoms with E-state index in [4.69, 9.17) is 0 Å². The molecule has 1 heterocycles. The summed E-state index contributed by atoms with van der Waals surface area (Å²) in [4.78, 5) is 0. The molecule has 0 saturated carbocycles. The van der Waals surface area contributed by atoms with Gasteiger partial charge in [0.05, 0.1) is 0 Å². The maximum absolute atomic E-state index is 3.11. The van der Waals surface area contributed by atoms with Crippen LogP contribution in [0.1, 0.15) is 6.92 Å². The highest BCUT2D eigenvalue weighted by Gasteiger charge is 1.82. The molecule has 2 radical (unpaired) electrons. The van der Waals surface area contributed by atoms with Crippen LogP contribution in [0.4, 0.5) is 0 Å². The monoisotopic (exact) mass is 94.1 g/mol. The van der Waals surface area contributed by atoms with Crippen LogP contribution in [0.5, 0.6) is 0 Å². The van der Waals surface area contributed by atoms with Gasteiger partial charge in [-0.15, -0.1) is 5.57 Å². The third-order valence-electron chi connectivity index (χ3n) is 1.14. The molecule has 2 heteroatoms. The SMILES string of the molecule is CC1=CCN[B-]C1. The van der Waals surface area contributed by atoms with E-state index in [2.05, 4.69) is 25.6 Å². The molecule has 1 rings (SSSR count). The minimum atomic E-state index is 1.02. The van der Waals surface area contributed by atoms with Crippen LogP contribution in [-0.2, 0) is 0 Å². The Hall–Kier alpha value is -0.235. The maximum Gasteiger partial charge on any atom is -0.0266 e. The Morgan fingerprint density at radius 2 is 2.71 bits per heavy atom. The summed E-state index contributed by atoms with van der Waals surface area (Å²) in [7, 11) is 2.09. The fourth-order valence-electron chi connectivity index (χ4n) is 0.633. The van der Waals surface area contributed by atoms with Gasteiger partial charge in [0.25, 0.3) is 0 Å². The van der Waals surface area contributed by atoms with E-state index in [0.717, 1.165) is 12.9 Å². The molecule has 0 spiro atoms. The minimum absolute atomic E-state index is 1.02. The normalized spacial score (nSPS) is 21.6. The molecular formula is C5H9BN-. The first-order chi connectivity index (χ1) is 3.39. The van der Waals surface area contributed by atoms with Gasteiger partial charge in [-0.25, -0.2) is 13.7 Å². The third kappa shape index (κ3) is 1.36. The Bertz CT molecular complexity index is 88.1. The molecule has 0 aromatic rings. The first kappa shape index (κ1) is 4.91. The molecule has 0 aromatic carbocycles. The van der Waals surface area contributed by atoms with E-state index in [-0.39, 0.29) is 0 Å². The Morgan fingerprint density at radius 3 is 3.00 bits per heavy atom. The summed E-state index contributed by atoms with van der Waals surface area (Å²) in [6, 6.07) is 0. The molecule has 0 aromatic heterocycles. The van der Waals surface area contributed by atoms with E-state index in [1.165, 1.54) is 5.57 Å². The van der Waals surface area contributed by atoms with E-state index in [1.54, 1.807) is 0 Å². The van der Waals surface area contributed by atoms with Gasteiger partial charge in [0.15, 0.2) is 0 Å². The smallest absolute Gasteiger partial charge is 0.0266 e. The van der Waals surface area contributed by atoms with E-state index in [0.29, 0.717) is 0 Å². The molecule has 0 amide bonds. The number of hydrogen-bond acceptors (Lipinski definition) is 1. The molecule has 1 nitrogen and oxygen atoms in total. The second-order valence-corrected chi connectivity index (χ2v) is 1.87. The number of hydrogen-bond donors (Lipinski definition) is 1. The molecule has 0 aliphatic carbocycles. The average Bonchev–Trinajstić information content (AvgIpc) is 1.69. The quantitative estimate of drug-likeness (QED) is 0.342. The van der Waals surface area contributed by atoms with E-state index in [9.17, 15) is 0 Å². The van der Waals surface area contributed by atoms with Crippen molar-refractivity contribution in [2.45, 2.75) is 13.2 Å². The number of nitrogens with one attached hydrogen (secondary N) is 1. The standard InChI is InChI=1S/C5H9BN/c1-5-2-3-7-6-4-5/h2,7H,3-4H2,1H3/q-1. The summed E-state index contributed by atoms with van der Waals surface area (Å²) in [5, 5.41) is 3.11. The Morgan fingerprint density at radius 1 is 1.86 bits per heavy atom. The first-order valence-corrected chi connectivity index (χ1v) is 2.60. The van der Waals surface area contributed by atoms with Crippen LogP contribution in [0.25, 0.3) is 0 Å². The summed E-state index contributed by atoms with van der Waals surface area (Å²) in [5.41, 5.74) is 1.47. The number of allylic oxidation sites excluding steroid dienone is 1. The van der Waals surface area contributed by atoms with Crippen LogP contribution in [0.15, 0.2) is 11.6 Å². The highest BCUT2D eigenvalue weighted by molar-refractivity contribution is 6.33. The maximum atomic E-state index is 3.11. The third-order valence-corrected chi connectivity index (χ3v) is 1.14. The lowest BCUT2D eigenvalue weighted by Gasteiger charge is -2.22. The molecule has 0 fully saturated rings. The molecule has 1 aliphatic heterocycles. The van der Waals surface area contributed by atoms with Crippen LogP contribution in [0.2, 0.25) is 6.32 Å². The second kappa shape index (κ2) is 2.17. The zero-order valence-electron chi connectivity index (χ0n) is 4.57. The highest BCUT2D eigenvalue weighted by atomic mass is 14.7. The molecule has 1 aliphatic rings. The minimum Gasteiger partial charge on any atom is -0.552 e. The summed E-state index contributed by atoms with van der Waals surface area (Å²) < 4.78 is 0. The molecular weight excluding hydrogens is 84.9 g/mol. The Labute approximate surface area is 45.1 Å². The van der Waals surface area contributed by atoms with Crippen LogP contribution in [0, 0.1) is 0 Å². The van der Waals surface area contributed by atoms with E-state index < -0.39 is 0 Å². The van der Waals surface area contributed by atoms with Gasteiger partial charge in [-0.3, -0.25) is 0 Å². The fourth-order valence-corrected chi connectivity index (χ4v) is 0.633. The van der Waals surface area contributed by atoms with Crippen molar-refractivity contribution in [3.05, 3.63) is 11.6 Å². The molecule has 0 bridgehead atoms. The van der Waals surface area contributed by atoms with Crippen molar-refractivity contribution in [3.63, 3.8) is 0 Å². The largest absolute Gasteiger partial charge is 0.552 e. The van der Waals surface area contributed by atoms with Crippen LogP contribution in [-0.4, -0.2) is 14.0 Å². The van der Waals surface area contributed by atoms with Gasteiger partial charge >= 0.3 is 0 Å². The lowest BCUT2D eigenvalue weighted by atomic mass is 9.82. The van der Waals surface area contributed by atoms with Crippen molar-refractivity contribution >= 4 is 7.41 Å². The van der Waals surface area contributed by atoms with Crippen molar-refractivity contribution in [3.8, 4) is 0 Å². The predicted octanol–water partition coefficient (Wildman–Crippen LogP) is 0.573. The van der Waals surface area contributed by atoms with Crippen molar-refractivity contribution in [1.82, 2.24) is 5.23 Å². The van der Waals surface area contributed by atoms with Crippen molar-refractivity contribution in [1.29, 1.82) is 0 Å². The fraction of sp³-hybridized carbons (Fsp3) is 0.600. The Kier molecular flexibility index (Phi) is 1.52. The number of rotatable bonds is 0. The van der Waals surface area contributed by atoms with Gasteiger partial charge in [-0.2, -0.15) is 0 Å². The Balaban J connectivity index is 2.40. The summed E-state index contributed by atoms with van der Waals surface area (Å²) in [6.07, 6.45) is 3.32. The van der Waals surface area contributed by atoms with Gasteiger partial charge in [-0.05, 0) is 13.5 Å². The van der Waals surface area contributed by atoms with Gasteiger partial charge < -0.3 is 5.23 Å². The van der Waals surface area contributed by atoms with E-state index in [1.807, 2.05) is 0 Å². The molecule has 7 heavy (non-hydrogen) atoms. The molecule has 38 valence electrons. The van der Waals surface area contributed by atoms with Gasteiger partial charge in [0.1, 0.15) is 0 Å². The van der Waals surface area contributed by atoms with Crippen LogP contribution in [0.3, 0.4) is 0 Å². The zero-order chi connectivity index (χ0) is 5.11. The molecule has 0 saturated heterocycles. The molecule has 0 atom stereocenters. The second-order valence-electron chi connectivity index (χ2n) is 1.87. The van der Waals surface area contributed by atoms with Crippen molar-refractivity contribution in [2.24, 2.45) is 0 Å². The van der Waals surface area contributed by atoms with Crippen molar-refractivity contribution < 1.29 is 0 Å². The zero-order valence-corrected chi connectivity index (χ0v) is 4.57. The highest BCUT2D eigenvalue weighted by Crippen LogP contribution is 1.99. The van der Waals surface area contributed by atoms with Crippen LogP contribution < -0.4 is 5.23 Å². The topological polar surface area (TPSA) is 12.0 Å².